The van der Waals surface area contributed by atoms with E-state index in [1.165, 1.54) is 82.8 Å². The number of unbranched alkanes of at least 4 members (excludes halogenated alkanes) is 12. The zero-order valence-corrected chi connectivity index (χ0v) is 18.3. The number of hydrogen-bond donors (Lipinski definition) is 2. The van der Waals surface area contributed by atoms with Crippen LogP contribution in [-0.2, 0) is 6.42 Å². The van der Waals surface area contributed by atoms with Gasteiger partial charge in [0.05, 0.1) is 0 Å². The molecule has 4 heteroatoms. The Hall–Kier alpha value is -1.97. The molecule has 29 heavy (non-hydrogen) atoms. The first-order valence-corrected chi connectivity index (χ1v) is 11.5. The van der Waals surface area contributed by atoms with Crippen LogP contribution in [0.5, 0.6) is 11.5 Å². The number of aromatic hydroxyl groups is 2. The van der Waals surface area contributed by atoms with Crippen LogP contribution >= 0.6 is 0 Å². The Labute approximate surface area is 175 Å². The van der Waals surface area contributed by atoms with Gasteiger partial charge < -0.3 is 14.6 Å². The second-order valence-corrected chi connectivity index (χ2v) is 8.31. The van der Waals surface area contributed by atoms with Gasteiger partial charge in [0, 0.05) is 24.1 Å². The number of phenolic OH excluding ortho intramolecular Hbond substituents is 2. The van der Waals surface area contributed by atoms with Crippen molar-refractivity contribution in [3.05, 3.63) is 33.7 Å². The normalized spacial score (nSPS) is 11.4. The van der Waals surface area contributed by atoms with Crippen LogP contribution in [0.15, 0.2) is 21.3 Å². The molecule has 1 aromatic carbocycles. The lowest BCUT2D eigenvalue weighted by Gasteiger charge is -2.08. The second kappa shape index (κ2) is 12.6. The van der Waals surface area contributed by atoms with Crippen molar-refractivity contribution in [3.8, 4) is 11.5 Å². The Kier molecular flexibility index (Phi) is 10.1. The third-order valence-corrected chi connectivity index (χ3v) is 5.80. The molecule has 162 valence electrons. The van der Waals surface area contributed by atoms with E-state index in [4.69, 9.17) is 4.42 Å². The highest BCUT2D eigenvalue weighted by atomic mass is 16.3. The number of rotatable bonds is 14. The average Bonchev–Trinajstić information content (AvgIpc) is 2.69. The van der Waals surface area contributed by atoms with Crippen molar-refractivity contribution in [2.45, 2.75) is 104 Å². The largest absolute Gasteiger partial charge is 0.507 e. The number of phenols is 2. The van der Waals surface area contributed by atoms with E-state index in [1.807, 2.05) is 0 Å². The maximum atomic E-state index is 12.3. The first-order valence-electron chi connectivity index (χ1n) is 11.5. The predicted octanol–water partition coefficient (Wildman–Crippen LogP) is 7.15. The van der Waals surface area contributed by atoms with Crippen LogP contribution in [0, 0.1) is 6.92 Å². The van der Waals surface area contributed by atoms with Crippen molar-refractivity contribution < 1.29 is 14.6 Å². The summed E-state index contributed by atoms with van der Waals surface area (Å²) in [5.74, 6) is 0.366. The molecule has 1 heterocycles. The zero-order valence-electron chi connectivity index (χ0n) is 18.3. The van der Waals surface area contributed by atoms with Crippen LogP contribution in [0.25, 0.3) is 11.0 Å². The quantitative estimate of drug-likeness (QED) is 0.329. The molecule has 4 nitrogen and oxygen atoms in total. The molecule has 0 fully saturated rings. The third-order valence-electron chi connectivity index (χ3n) is 5.80. The van der Waals surface area contributed by atoms with Crippen molar-refractivity contribution >= 4 is 11.0 Å². The Bertz CT molecular complexity index is 807. The summed E-state index contributed by atoms with van der Waals surface area (Å²) < 4.78 is 5.75. The van der Waals surface area contributed by atoms with Crippen LogP contribution in [-0.4, -0.2) is 10.2 Å². The van der Waals surface area contributed by atoms with Crippen LogP contribution < -0.4 is 5.43 Å². The highest BCUT2D eigenvalue weighted by molar-refractivity contribution is 5.86. The number of benzene rings is 1. The van der Waals surface area contributed by atoms with E-state index in [9.17, 15) is 15.0 Å². The van der Waals surface area contributed by atoms with Crippen molar-refractivity contribution in [1.29, 1.82) is 0 Å². The molecule has 0 saturated heterocycles. The van der Waals surface area contributed by atoms with E-state index in [1.54, 1.807) is 6.92 Å². The third kappa shape index (κ3) is 7.41. The van der Waals surface area contributed by atoms with Crippen molar-refractivity contribution in [1.82, 2.24) is 0 Å². The van der Waals surface area contributed by atoms with Gasteiger partial charge in [-0.1, -0.05) is 84.0 Å². The van der Waals surface area contributed by atoms with Gasteiger partial charge in [0.25, 0.3) is 0 Å². The Morgan fingerprint density at radius 1 is 0.793 bits per heavy atom. The van der Waals surface area contributed by atoms with E-state index in [0.717, 1.165) is 12.8 Å². The summed E-state index contributed by atoms with van der Waals surface area (Å²) in [5, 5.41) is 20.1. The second-order valence-electron chi connectivity index (χ2n) is 8.31. The average molecular weight is 403 g/mol. The van der Waals surface area contributed by atoms with Crippen molar-refractivity contribution in [2.75, 3.05) is 0 Å². The Morgan fingerprint density at radius 3 is 1.86 bits per heavy atom. The maximum Gasteiger partial charge on any atom is 0.196 e. The van der Waals surface area contributed by atoms with E-state index < -0.39 is 0 Å². The van der Waals surface area contributed by atoms with Crippen LogP contribution in [0.4, 0.5) is 0 Å². The molecule has 0 radical (unpaired) electrons. The number of hydrogen-bond acceptors (Lipinski definition) is 4. The van der Waals surface area contributed by atoms with Gasteiger partial charge in [0.2, 0.25) is 0 Å². The molecule has 0 aliphatic carbocycles. The zero-order chi connectivity index (χ0) is 21.1. The summed E-state index contributed by atoms with van der Waals surface area (Å²) in [6, 6.07) is 2.89. The van der Waals surface area contributed by atoms with Gasteiger partial charge in [-0.15, -0.1) is 0 Å². The monoisotopic (exact) mass is 402 g/mol. The molecule has 0 spiro atoms. The van der Waals surface area contributed by atoms with Crippen LogP contribution in [0.1, 0.15) is 102 Å². The van der Waals surface area contributed by atoms with E-state index >= 15 is 0 Å². The summed E-state index contributed by atoms with van der Waals surface area (Å²) in [4.78, 5) is 12.3. The van der Waals surface area contributed by atoms with Crippen LogP contribution in [0.2, 0.25) is 0 Å². The summed E-state index contributed by atoms with van der Waals surface area (Å²) in [7, 11) is 0. The molecule has 0 bridgehead atoms. The summed E-state index contributed by atoms with van der Waals surface area (Å²) >= 11 is 0. The minimum absolute atomic E-state index is 0.0590. The molecule has 0 amide bonds. The molecule has 1 aromatic heterocycles. The summed E-state index contributed by atoms with van der Waals surface area (Å²) in [6.45, 7) is 3.83. The van der Waals surface area contributed by atoms with Gasteiger partial charge >= 0.3 is 0 Å². The number of fused-ring (bicyclic) bond motifs is 1. The van der Waals surface area contributed by atoms with Gasteiger partial charge in [-0.05, 0) is 13.3 Å². The molecular weight excluding hydrogens is 364 g/mol. The smallest absolute Gasteiger partial charge is 0.196 e. The first-order chi connectivity index (χ1) is 14.0. The molecular formula is C25H38O4. The van der Waals surface area contributed by atoms with Crippen molar-refractivity contribution in [2.24, 2.45) is 0 Å². The topological polar surface area (TPSA) is 70.7 Å². The molecule has 0 aliphatic heterocycles. The van der Waals surface area contributed by atoms with E-state index in [0.29, 0.717) is 17.7 Å². The Balaban J connectivity index is 1.63. The SMILES string of the molecule is CCCCCCCCCCCCCCCc1cc(=O)c2c(O)c(C)c(O)cc2o1. The standard InChI is InChI=1S/C25H38O4/c1-3-4-5-6-7-8-9-10-11-12-13-14-15-16-20-17-22(27)24-23(29-20)18-21(26)19(2)25(24)28/h17-18,26,28H,3-16H2,1-2H3. The lowest BCUT2D eigenvalue weighted by Crippen LogP contribution is -2.03. The maximum absolute atomic E-state index is 12.3. The molecule has 0 aliphatic rings. The molecule has 2 aromatic rings. The van der Waals surface area contributed by atoms with Gasteiger partial charge in [0.1, 0.15) is 28.2 Å². The first kappa shape index (κ1) is 23.3. The van der Waals surface area contributed by atoms with E-state index in [2.05, 4.69) is 6.92 Å². The van der Waals surface area contributed by atoms with Gasteiger partial charge in [-0.3, -0.25) is 4.79 Å². The predicted molar refractivity (Wildman–Crippen MR) is 120 cm³/mol. The molecule has 0 saturated carbocycles. The van der Waals surface area contributed by atoms with Gasteiger partial charge in [-0.2, -0.15) is 0 Å². The van der Waals surface area contributed by atoms with E-state index in [-0.39, 0.29) is 27.9 Å². The number of aryl methyl sites for hydroxylation is 1. The minimum atomic E-state index is -0.253. The summed E-state index contributed by atoms with van der Waals surface area (Å²) in [6.07, 6.45) is 17.6. The molecule has 2 N–H and O–H groups in total. The minimum Gasteiger partial charge on any atom is -0.507 e. The summed E-state index contributed by atoms with van der Waals surface area (Å²) in [5.41, 5.74) is 0.299. The fourth-order valence-electron chi connectivity index (χ4n) is 3.88. The fraction of sp³-hybridized carbons (Fsp3) is 0.640. The van der Waals surface area contributed by atoms with Crippen molar-refractivity contribution in [3.63, 3.8) is 0 Å². The molecule has 2 rings (SSSR count). The van der Waals surface area contributed by atoms with Crippen LogP contribution in [0.3, 0.4) is 0 Å². The Morgan fingerprint density at radius 2 is 1.31 bits per heavy atom. The highest BCUT2D eigenvalue weighted by Crippen LogP contribution is 2.33. The highest BCUT2D eigenvalue weighted by Gasteiger charge is 2.14. The lowest BCUT2D eigenvalue weighted by molar-refractivity contribution is 0.442. The molecule has 0 unspecified atom stereocenters. The fourth-order valence-corrected chi connectivity index (χ4v) is 3.88. The van der Waals surface area contributed by atoms with Gasteiger partial charge in [-0.25, -0.2) is 0 Å². The molecule has 0 atom stereocenters. The lowest BCUT2D eigenvalue weighted by atomic mass is 10.0. The van der Waals surface area contributed by atoms with Gasteiger partial charge in [0.15, 0.2) is 5.43 Å².